The molecule has 3 N–H and O–H groups in total. The first kappa shape index (κ1) is 28.2. The molecule has 0 saturated heterocycles. The van der Waals surface area contributed by atoms with Crippen LogP contribution in [0.2, 0.25) is 0 Å². The number of carbonyl (C=O) groups is 3. The van der Waals surface area contributed by atoms with Gasteiger partial charge in [-0.3, -0.25) is 9.59 Å². The van der Waals surface area contributed by atoms with Gasteiger partial charge >= 0.3 is 6.09 Å². The molecule has 2 saturated carbocycles. The molecule has 36 heavy (non-hydrogen) atoms. The molecule has 9 heteroatoms. The van der Waals surface area contributed by atoms with Crippen molar-refractivity contribution in [2.24, 2.45) is 0 Å². The van der Waals surface area contributed by atoms with E-state index < -0.39 is 23.8 Å². The maximum Gasteiger partial charge on any atom is 0.408 e. The molecule has 1 aromatic rings. The summed E-state index contributed by atoms with van der Waals surface area (Å²) in [4.78, 5) is 42.0. The van der Waals surface area contributed by atoms with E-state index in [0.29, 0.717) is 17.7 Å². The van der Waals surface area contributed by atoms with Gasteiger partial charge in [-0.05, 0) is 82.6 Å². The monoisotopic (exact) mass is 519 g/mol. The van der Waals surface area contributed by atoms with E-state index in [9.17, 15) is 19.5 Å². The highest BCUT2D eigenvalue weighted by Gasteiger charge is 2.44. The second kappa shape index (κ2) is 12.7. The Morgan fingerprint density at radius 3 is 2.28 bits per heavy atom. The summed E-state index contributed by atoms with van der Waals surface area (Å²) in [5.74, 6) is 0.269. The Morgan fingerprint density at radius 1 is 1.08 bits per heavy atom. The second-order valence-corrected chi connectivity index (χ2v) is 11.8. The summed E-state index contributed by atoms with van der Waals surface area (Å²) in [6.07, 6.45) is 8.54. The van der Waals surface area contributed by atoms with Crippen LogP contribution in [0.5, 0.6) is 5.75 Å². The summed E-state index contributed by atoms with van der Waals surface area (Å²) < 4.78 is 5.43. The van der Waals surface area contributed by atoms with Crippen LogP contribution in [0.4, 0.5) is 4.79 Å². The Kier molecular flexibility index (Phi) is 9.93. The number of thioether (sulfide) groups is 1. The molecule has 0 aliphatic heterocycles. The van der Waals surface area contributed by atoms with Crippen LogP contribution in [-0.4, -0.2) is 63.6 Å². The summed E-state index contributed by atoms with van der Waals surface area (Å²) in [6.45, 7) is 5.33. The topological polar surface area (TPSA) is 108 Å². The highest BCUT2D eigenvalue weighted by molar-refractivity contribution is 7.98. The second-order valence-electron chi connectivity index (χ2n) is 10.8. The molecule has 0 aromatic heterocycles. The van der Waals surface area contributed by atoms with Crippen LogP contribution in [0.3, 0.4) is 0 Å². The summed E-state index contributed by atoms with van der Waals surface area (Å²) in [6, 6.07) is 4.83. The van der Waals surface area contributed by atoms with Crippen LogP contribution in [0.1, 0.15) is 83.7 Å². The number of alkyl carbamates (subject to hydrolysis) is 1. The molecule has 3 amide bonds. The van der Waals surface area contributed by atoms with Gasteiger partial charge in [-0.15, -0.1) is 0 Å². The van der Waals surface area contributed by atoms with E-state index in [1.807, 2.05) is 6.26 Å². The molecule has 0 spiro atoms. The molecule has 200 valence electrons. The molecule has 2 aliphatic rings. The highest BCUT2D eigenvalue weighted by atomic mass is 32.2. The number of amides is 3. The smallest absolute Gasteiger partial charge is 0.408 e. The minimum Gasteiger partial charge on any atom is -0.508 e. The number of rotatable bonds is 10. The summed E-state index contributed by atoms with van der Waals surface area (Å²) >= 11 is 1.59. The molecule has 1 aromatic carbocycles. The van der Waals surface area contributed by atoms with Gasteiger partial charge in [0.05, 0.1) is 0 Å². The largest absolute Gasteiger partial charge is 0.508 e. The van der Waals surface area contributed by atoms with Gasteiger partial charge < -0.3 is 25.4 Å². The van der Waals surface area contributed by atoms with Crippen LogP contribution in [0.15, 0.2) is 24.3 Å². The number of phenolic OH excluding ortho intramolecular Hbond substituents is 1. The van der Waals surface area contributed by atoms with Gasteiger partial charge in [-0.2, -0.15) is 11.8 Å². The van der Waals surface area contributed by atoms with Crippen molar-refractivity contribution in [2.75, 3.05) is 12.0 Å². The SMILES string of the molecule is CSCCC(NC(=O)OC(C)(C)C)C(=O)N(C1CC1)C(C(=O)NC1CCCCC1)c1ccc(O)cc1. The number of benzene rings is 1. The lowest BCUT2D eigenvalue weighted by Gasteiger charge is -2.36. The Balaban J connectivity index is 1.90. The van der Waals surface area contributed by atoms with Crippen molar-refractivity contribution in [3.05, 3.63) is 29.8 Å². The lowest BCUT2D eigenvalue weighted by molar-refractivity contribution is -0.143. The summed E-state index contributed by atoms with van der Waals surface area (Å²) in [7, 11) is 0. The zero-order valence-corrected chi connectivity index (χ0v) is 22.7. The number of nitrogens with one attached hydrogen (secondary N) is 2. The number of aromatic hydroxyl groups is 1. The third-order valence-corrected chi connectivity index (χ3v) is 7.13. The van der Waals surface area contributed by atoms with Crippen molar-refractivity contribution in [1.29, 1.82) is 0 Å². The Hall–Kier alpha value is -2.42. The standard InChI is InChI=1S/C27H41N3O5S/c1-27(2,3)35-26(34)29-22(16-17-36-4)25(33)30(20-12-13-20)23(18-10-14-21(31)15-11-18)24(32)28-19-8-6-5-7-9-19/h10-11,14-15,19-20,22-23,31H,5-9,12-13,16-17H2,1-4H3,(H,28,32)(H,29,34). The van der Waals surface area contributed by atoms with Gasteiger partial charge in [-0.25, -0.2) is 4.79 Å². The molecule has 2 aliphatic carbocycles. The fraction of sp³-hybridized carbons (Fsp3) is 0.667. The Morgan fingerprint density at radius 2 is 1.72 bits per heavy atom. The highest BCUT2D eigenvalue weighted by Crippen LogP contribution is 2.36. The molecular weight excluding hydrogens is 478 g/mol. The lowest BCUT2D eigenvalue weighted by Crippen LogP contribution is -2.54. The predicted octanol–water partition coefficient (Wildman–Crippen LogP) is 4.52. The first-order chi connectivity index (χ1) is 17.1. The fourth-order valence-corrected chi connectivity index (χ4v) is 5.09. The first-order valence-electron chi connectivity index (χ1n) is 13.0. The van der Waals surface area contributed by atoms with Gasteiger partial charge in [0.2, 0.25) is 11.8 Å². The molecule has 8 nitrogen and oxygen atoms in total. The quantitative estimate of drug-likeness (QED) is 0.420. The van der Waals surface area contributed by atoms with Gasteiger partial charge in [0.1, 0.15) is 23.4 Å². The zero-order valence-electron chi connectivity index (χ0n) is 21.9. The zero-order chi connectivity index (χ0) is 26.3. The lowest BCUT2D eigenvalue weighted by atomic mass is 9.94. The minimum absolute atomic E-state index is 0.0781. The van der Waals surface area contributed by atoms with E-state index >= 15 is 0 Å². The molecule has 3 rings (SSSR count). The molecule has 2 fully saturated rings. The van der Waals surface area contributed by atoms with E-state index in [0.717, 1.165) is 38.5 Å². The number of nitrogens with zero attached hydrogens (tertiary/aromatic N) is 1. The van der Waals surface area contributed by atoms with Gasteiger partial charge in [0.15, 0.2) is 0 Å². The predicted molar refractivity (Wildman–Crippen MR) is 142 cm³/mol. The molecule has 0 bridgehead atoms. The van der Waals surface area contributed by atoms with Crippen molar-refractivity contribution in [3.63, 3.8) is 0 Å². The van der Waals surface area contributed by atoms with E-state index in [2.05, 4.69) is 10.6 Å². The third kappa shape index (κ3) is 8.32. The van der Waals surface area contributed by atoms with Crippen LogP contribution < -0.4 is 10.6 Å². The minimum atomic E-state index is -0.843. The van der Waals surface area contributed by atoms with E-state index in [-0.39, 0.29) is 29.6 Å². The average molecular weight is 520 g/mol. The van der Waals surface area contributed by atoms with Crippen molar-refractivity contribution < 1.29 is 24.2 Å². The van der Waals surface area contributed by atoms with Crippen LogP contribution in [0, 0.1) is 0 Å². The number of ether oxygens (including phenoxy) is 1. The summed E-state index contributed by atoms with van der Waals surface area (Å²) in [5.41, 5.74) is -0.0517. The van der Waals surface area contributed by atoms with Crippen molar-refractivity contribution in [3.8, 4) is 5.75 Å². The van der Waals surface area contributed by atoms with Gasteiger partial charge in [0, 0.05) is 12.1 Å². The first-order valence-corrected chi connectivity index (χ1v) is 14.4. The van der Waals surface area contributed by atoms with Crippen LogP contribution >= 0.6 is 11.8 Å². The molecule has 2 atom stereocenters. The number of phenols is 1. The van der Waals surface area contributed by atoms with Crippen molar-refractivity contribution in [2.45, 2.75) is 102 Å². The van der Waals surface area contributed by atoms with Crippen LogP contribution in [0.25, 0.3) is 0 Å². The number of hydrogen-bond donors (Lipinski definition) is 3. The fourth-order valence-electron chi connectivity index (χ4n) is 4.62. The third-order valence-electron chi connectivity index (χ3n) is 6.48. The average Bonchev–Trinajstić information content (AvgIpc) is 3.65. The normalized spacial score (nSPS) is 18.1. The number of hydrogen-bond acceptors (Lipinski definition) is 6. The maximum absolute atomic E-state index is 14.0. The van der Waals surface area contributed by atoms with Gasteiger partial charge in [-0.1, -0.05) is 31.4 Å². The molecule has 0 radical (unpaired) electrons. The van der Waals surface area contributed by atoms with Crippen molar-refractivity contribution >= 4 is 29.7 Å². The number of carbonyl (C=O) groups excluding carboxylic acids is 3. The van der Waals surface area contributed by atoms with Crippen molar-refractivity contribution in [1.82, 2.24) is 15.5 Å². The van der Waals surface area contributed by atoms with E-state index in [1.165, 1.54) is 18.6 Å². The Bertz CT molecular complexity index is 892. The molecule has 0 heterocycles. The maximum atomic E-state index is 14.0. The van der Waals surface area contributed by atoms with Crippen LogP contribution in [-0.2, 0) is 14.3 Å². The summed E-state index contributed by atoms with van der Waals surface area (Å²) in [5, 5.41) is 15.8. The Labute approximate surface area is 218 Å². The van der Waals surface area contributed by atoms with E-state index in [1.54, 1.807) is 49.6 Å². The molecule has 2 unspecified atom stereocenters. The van der Waals surface area contributed by atoms with Gasteiger partial charge in [0.25, 0.3) is 0 Å². The van der Waals surface area contributed by atoms with E-state index in [4.69, 9.17) is 4.74 Å². The molecular formula is C27H41N3O5S.